The highest BCUT2D eigenvalue weighted by molar-refractivity contribution is 9.10. The Morgan fingerprint density at radius 1 is 1.29 bits per heavy atom. The molecule has 0 aliphatic rings. The fraction of sp³-hybridized carbons (Fsp3) is 0.412. The summed E-state index contributed by atoms with van der Waals surface area (Å²) in [7, 11) is 5.12. The summed E-state index contributed by atoms with van der Waals surface area (Å²) in [6, 6.07) is 2.29. The Kier molecular flexibility index (Phi) is 14.0. The second-order valence-corrected chi connectivity index (χ2v) is 4.85. The van der Waals surface area contributed by atoms with Crippen LogP contribution < -0.4 is 10.1 Å². The zero-order valence-corrected chi connectivity index (χ0v) is 16.5. The van der Waals surface area contributed by atoms with Gasteiger partial charge >= 0.3 is 5.97 Å². The summed E-state index contributed by atoms with van der Waals surface area (Å²) < 4.78 is 23.7. The van der Waals surface area contributed by atoms with Crippen molar-refractivity contribution in [1.82, 2.24) is 5.32 Å². The van der Waals surface area contributed by atoms with Crippen LogP contribution in [-0.4, -0.2) is 39.6 Å². The number of ether oxygens (including phenoxy) is 2. The normalized spacial score (nSPS) is 8.83. The van der Waals surface area contributed by atoms with E-state index in [2.05, 4.69) is 32.6 Å². The van der Waals surface area contributed by atoms with Gasteiger partial charge in [-0.3, -0.25) is 4.79 Å². The number of halogens is 2. The first kappa shape index (κ1) is 24.5. The van der Waals surface area contributed by atoms with Crippen LogP contribution in [0.15, 0.2) is 28.8 Å². The molecule has 7 heteroatoms. The van der Waals surface area contributed by atoms with Gasteiger partial charge in [0.1, 0.15) is 17.1 Å². The fourth-order valence-corrected chi connectivity index (χ4v) is 1.84. The molecule has 0 unspecified atom stereocenters. The van der Waals surface area contributed by atoms with Gasteiger partial charge in [0.05, 0.1) is 23.8 Å². The van der Waals surface area contributed by atoms with Gasteiger partial charge < -0.3 is 14.8 Å². The van der Waals surface area contributed by atoms with Gasteiger partial charge in [-0.15, -0.1) is 0 Å². The predicted octanol–water partition coefficient (Wildman–Crippen LogP) is 3.76. The molecule has 0 aliphatic carbocycles. The number of esters is 1. The van der Waals surface area contributed by atoms with Crippen LogP contribution in [0.1, 0.15) is 31.1 Å². The number of ketones is 1. The first-order chi connectivity index (χ1) is 11.3. The number of rotatable bonds is 5. The van der Waals surface area contributed by atoms with Crippen molar-refractivity contribution in [2.75, 3.05) is 27.8 Å². The van der Waals surface area contributed by atoms with Crippen molar-refractivity contribution in [3.05, 3.63) is 40.1 Å². The van der Waals surface area contributed by atoms with E-state index >= 15 is 0 Å². The van der Waals surface area contributed by atoms with Crippen LogP contribution >= 0.6 is 15.9 Å². The monoisotopic (exact) mass is 405 g/mol. The Bertz CT molecular complexity index is 562. The van der Waals surface area contributed by atoms with E-state index in [0.717, 1.165) is 6.07 Å². The third-order valence-corrected chi connectivity index (χ3v) is 2.90. The van der Waals surface area contributed by atoms with Crippen molar-refractivity contribution in [2.45, 2.75) is 20.8 Å². The maximum Gasteiger partial charge on any atom is 0.341 e. The van der Waals surface area contributed by atoms with E-state index in [9.17, 15) is 14.0 Å². The highest BCUT2D eigenvalue weighted by atomic mass is 79.9. The van der Waals surface area contributed by atoms with Crippen molar-refractivity contribution in [3.63, 3.8) is 0 Å². The second-order valence-electron chi connectivity index (χ2n) is 3.99. The Morgan fingerprint density at radius 3 is 2.21 bits per heavy atom. The topological polar surface area (TPSA) is 64.6 Å². The molecule has 0 heterocycles. The molecule has 1 N–H and O–H groups in total. The SMILES string of the molecule is C=C(C(=O)OCC)C(=O)c1cc(Br)c(OC)cc1F.CC.CNC. The highest BCUT2D eigenvalue weighted by Gasteiger charge is 2.23. The molecule has 0 aliphatic heterocycles. The van der Waals surface area contributed by atoms with Crippen LogP contribution in [0.2, 0.25) is 0 Å². The minimum absolute atomic E-state index is 0.111. The van der Waals surface area contributed by atoms with Gasteiger partial charge in [0.15, 0.2) is 0 Å². The summed E-state index contributed by atoms with van der Waals surface area (Å²) in [5, 5.41) is 2.75. The van der Waals surface area contributed by atoms with Gasteiger partial charge in [-0.2, -0.15) is 0 Å². The molecule has 5 nitrogen and oxygen atoms in total. The molecule has 1 aromatic carbocycles. The lowest BCUT2D eigenvalue weighted by Gasteiger charge is -2.08. The summed E-state index contributed by atoms with van der Waals surface area (Å²) in [6.45, 7) is 9.03. The molecule has 24 heavy (non-hydrogen) atoms. The van der Waals surface area contributed by atoms with E-state index < -0.39 is 23.1 Å². The van der Waals surface area contributed by atoms with Crippen LogP contribution in [0, 0.1) is 5.82 Å². The molecule has 0 saturated heterocycles. The van der Waals surface area contributed by atoms with Gasteiger partial charge in [-0.1, -0.05) is 20.4 Å². The predicted molar refractivity (Wildman–Crippen MR) is 97.1 cm³/mol. The van der Waals surface area contributed by atoms with E-state index in [1.165, 1.54) is 13.2 Å². The molecule has 0 fully saturated rings. The quantitative estimate of drug-likeness (QED) is 0.265. The Morgan fingerprint density at radius 2 is 1.79 bits per heavy atom. The zero-order valence-electron chi connectivity index (χ0n) is 15.0. The van der Waals surface area contributed by atoms with Crippen LogP contribution in [0.25, 0.3) is 0 Å². The Hall–Kier alpha value is -1.73. The summed E-state index contributed by atoms with van der Waals surface area (Å²) in [6.07, 6.45) is 0. The first-order valence-corrected chi connectivity index (χ1v) is 8.15. The number of methoxy groups -OCH3 is 1. The smallest absolute Gasteiger partial charge is 0.341 e. The minimum Gasteiger partial charge on any atom is -0.495 e. The third kappa shape index (κ3) is 7.70. The lowest BCUT2D eigenvalue weighted by Crippen LogP contribution is -2.16. The fourth-order valence-electron chi connectivity index (χ4n) is 1.33. The van der Waals surface area contributed by atoms with Gasteiger partial charge in [-0.05, 0) is 43.0 Å². The Balaban J connectivity index is 0. The number of Topliss-reactive ketones (excluding diaryl/α,β-unsaturated/α-hetero) is 1. The molecule has 0 radical (unpaired) electrons. The standard InChI is InChI=1S/C13H12BrFO4.C2H7N.C2H6/c1-4-19-13(17)7(2)12(16)8-5-9(14)11(18-3)6-10(8)15;1-3-2;1-2/h5-6H,2,4H2,1,3H3;3H,1-2H3;1-2H3. The summed E-state index contributed by atoms with van der Waals surface area (Å²) >= 11 is 3.14. The van der Waals surface area contributed by atoms with Gasteiger partial charge in [0, 0.05) is 6.07 Å². The summed E-state index contributed by atoms with van der Waals surface area (Å²) in [5.74, 6) is -2.23. The molecule has 0 saturated carbocycles. The molecular formula is C17H25BrFNO4. The zero-order chi connectivity index (χ0) is 19.3. The van der Waals surface area contributed by atoms with Gasteiger partial charge in [-0.25, -0.2) is 9.18 Å². The van der Waals surface area contributed by atoms with Crippen molar-refractivity contribution in [2.24, 2.45) is 0 Å². The number of carbonyl (C=O) groups is 2. The lowest BCUT2D eigenvalue weighted by molar-refractivity contribution is -0.138. The molecule has 0 aromatic heterocycles. The largest absolute Gasteiger partial charge is 0.495 e. The van der Waals surface area contributed by atoms with E-state index in [1.54, 1.807) is 6.92 Å². The van der Waals surface area contributed by atoms with E-state index in [1.807, 2.05) is 27.9 Å². The molecule has 136 valence electrons. The van der Waals surface area contributed by atoms with Gasteiger partial charge in [0.2, 0.25) is 5.78 Å². The first-order valence-electron chi connectivity index (χ1n) is 7.36. The minimum atomic E-state index is -0.862. The van der Waals surface area contributed by atoms with Gasteiger partial charge in [0.25, 0.3) is 0 Å². The van der Waals surface area contributed by atoms with E-state index in [-0.39, 0.29) is 17.9 Å². The Labute approximate surface area is 151 Å². The summed E-state index contributed by atoms with van der Waals surface area (Å²) in [5.41, 5.74) is -0.691. The number of hydrogen-bond acceptors (Lipinski definition) is 5. The van der Waals surface area contributed by atoms with Crippen molar-refractivity contribution >= 4 is 27.7 Å². The summed E-state index contributed by atoms with van der Waals surface area (Å²) in [4.78, 5) is 23.3. The van der Waals surface area contributed by atoms with Crippen LogP contribution in [0.3, 0.4) is 0 Å². The lowest BCUT2D eigenvalue weighted by atomic mass is 10.0. The molecule has 1 aromatic rings. The molecule has 0 atom stereocenters. The second kappa shape index (κ2) is 13.7. The molecule has 0 spiro atoms. The maximum absolute atomic E-state index is 13.8. The molecule has 1 rings (SSSR count). The van der Waals surface area contributed by atoms with Crippen molar-refractivity contribution in [1.29, 1.82) is 0 Å². The third-order valence-electron chi connectivity index (χ3n) is 2.28. The van der Waals surface area contributed by atoms with Crippen LogP contribution in [0.4, 0.5) is 4.39 Å². The highest BCUT2D eigenvalue weighted by Crippen LogP contribution is 2.28. The average Bonchev–Trinajstić information content (AvgIpc) is 2.58. The number of nitrogens with one attached hydrogen (secondary N) is 1. The number of benzene rings is 1. The number of carbonyl (C=O) groups excluding carboxylic acids is 2. The number of hydrogen-bond donors (Lipinski definition) is 1. The van der Waals surface area contributed by atoms with Crippen LogP contribution in [0.5, 0.6) is 5.75 Å². The molecule has 0 bridgehead atoms. The van der Waals surface area contributed by atoms with E-state index in [0.29, 0.717) is 4.47 Å². The average molecular weight is 406 g/mol. The van der Waals surface area contributed by atoms with Crippen molar-refractivity contribution < 1.29 is 23.5 Å². The van der Waals surface area contributed by atoms with Crippen molar-refractivity contribution in [3.8, 4) is 5.75 Å². The molecule has 0 amide bonds. The van der Waals surface area contributed by atoms with Crippen LogP contribution in [-0.2, 0) is 9.53 Å². The maximum atomic E-state index is 13.8. The van der Waals surface area contributed by atoms with E-state index in [4.69, 9.17) is 4.74 Å². The molecular weight excluding hydrogens is 381 g/mol.